The molecule has 0 bridgehead atoms. The lowest BCUT2D eigenvalue weighted by atomic mass is 10.2. The van der Waals surface area contributed by atoms with E-state index in [0.29, 0.717) is 0 Å². The van der Waals surface area contributed by atoms with Crippen LogP contribution in [0, 0.1) is 19.3 Å². The van der Waals surface area contributed by atoms with E-state index in [0.717, 1.165) is 5.69 Å². The third-order valence-corrected chi connectivity index (χ3v) is 1.96. The molecule has 0 atom stereocenters. The van der Waals surface area contributed by atoms with Crippen LogP contribution < -0.4 is 5.43 Å². The molecule has 0 unspecified atom stereocenters. The number of aromatic nitrogens is 1. The number of hydrogen-bond donors (Lipinski definition) is 1. The van der Waals surface area contributed by atoms with Crippen LogP contribution in [-0.4, -0.2) is 29.4 Å². The van der Waals surface area contributed by atoms with Crippen molar-refractivity contribution in [3.63, 3.8) is 0 Å². The number of nitrogens with one attached hydrogen (secondary N) is 1. The van der Waals surface area contributed by atoms with E-state index in [9.17, 15) is 9.59 Å². The molecule has 1 amide bonds. The number of rotatable bonds is 2. The molecule has 15 heavy (non-hydrogen) atoms. The molecule has 0 radical (unpaired) electrons. The Morgan fingerprint density at radius 3 is 2.87 bits per heavy atom. The number of nitrogens with zero attached hydrogens (tertiary/aromatic N) is 1. The van der Waals surface area contributed by atoms with Gasteiger partial charge in [0, 0.05) is 25.0 Å². The Balaban J connectivity index is 3.03. The number of hydrogen-bond acceptors (Lipinski definition) is 2. The average Bonchev–Trinajstić information content (AvgIpc) is 2.17. The van der Waals surface area contributed by atoms with Crippen molar-refractivity contribution in [2.45, 2.75) is 6.92 Å². The molecular formula is C11H12N2O2. The summed E-state index contributed by atoms with van der Waals surface area (Å²) in [6.45, 7) is 1.94. The van der Waals surface area contributed by atoms with E-state index in [1.807, 2.05) is 0 Å². The summed E-state index contributed by atoms with van der Waals surface area (Å²) in [4.78, 5) is 27.3. The molecule has 78 valence electrons. The summed E-state index contributed by atoms with van der Waals surface area (Å²) in [6.07, 6.45) is 6.49. The van der Waals surface area contributed by atoms with Crippen molar-refractivity contribution in [1.29, 1.82) is 0 Å². The molecular weight excluding hydrogens is 192 g/mol. The van der Waals surface area contributed by atoms with E-state index in [2.05, 4.69) is 10.9 Å². The minimum Gasteiger partial charge on any atom is -0.364 e. The maximum absolute atomic E-state index is 11.7. The van der Waals surface area contributed by atoms with Crippen LogP contribution in [0.25, 0.3) is 0 Å². The average molecular weight is 204 g/mol. The van der Waals surface area contributed by atoms with Gasteiger partial charge in [0.2, 0.25) is 0 Å². The second-order valence-corrected chi connectivity index (χ2v) is 3.26. The zero-order valence-corrected chi connectivity index (χ0v) is 8.70. The zero-order valence-electron chi connectivity index (χ0n) is 8.70. The molecule has 4 nitrogen and oxygen atoms in total. The van der Waals surface area contributed by atoms with Crippen molar-refractivity contribution in [2.24, 2.45) is 0 Å². The van der Waals surface area contributed by atoms with Crippen LogP contribution in [0.5, 0.6) is 0 Å². The quantitative estimate of drug-likeness (QED) is 0.708. The molecule has 0 aromatic carbocycles. The highest BCUT2D eigenvalue weighted by atomic mass is 16.2. The normalized spacial score (nSPS) is 9.40. The van der Waals surface area contributed by atoms with Crippen molar-refractivity contribution in [3.8, 4) is 12.3 Å². The molecule has 1 aromatic heterocycles. The third kappa shape index (κ3) is 2.47. The van der Waals surface area contributed by atoms with Crippen LogP contribution in [0.2, 0.25) is 0 Å². The summed E-state index contributed by atoms with van der Waals surface area (Å²) in [5, 5.41) is 0. The summed E-state index contributed by atoms with van der Waals surface area (Å²) in [5.41, 5.74) is 0.537. The Hall–Kier alpha value is -2.02. The van der Waals surface area contributed by atoms with Gasteiger partial charge in [0.1, 0.15) is 5.56 Å². The molecule has 1 N–H and O–H groups in total. The van der Waals surface area contributed by atoms with Gasteiger partial charge < -0.3 is 9.88 Å². The summed E-state index contributed by atoms with van der Waals surface area (Å²) in [7, 11) is 1.56. The predicted octanol–water partition coefficient (Wildman–Crippen LogP) is 0.389. The first-order chi connectivity index (χ1) is 7.06. The number of aryl methyl sites for hydroxylation is 1. The molecule has 0 aliphatic rings. The highest BCUT2D eigenvalue weighted by Gasteiger charge is 2.13. The van der Waals surface area contributed by atoms with Gasteiger partial charge in [0.15, 0.2) is 5.43 Å². The van der Waals surface area contributed by atoms with E-state index in [4.69, 9.17) is 6.42 Å². The summed E-state index contributed by atoms with van der Waals surface area (Å²) in [6, 6.07) is 1.39. The number of carbonyl (C=O) groups excluding carboxylic acids is 1. The fourth-order valence-corrected chi connectivity index (χ4v) is 1.15. The first-order valence-electron chi connectivity index (χ1n) is 4.44. The van der Waals surface area contributed by atoms with E-state index in [1.165, 1.54) is 17.2 Å². The molecule has 0 saturated heterocycles. The second kappa shape index (κ2) is 4.47. The van der Waals surface area contributed by atoms with Crippen LogP contribution in [0.15, 0.2) is 17.1 Å². The van der Waals surface area contributed by atoms with E-state index in [-0.39, 0.29) is 23.4 Å². The van der Waals surface area contributed by atoms with E-state index < -0.39 is 0 Å². The van der Waals surface area contributed by atoms with Crippen LogP contribution in [0.3, 0.4) is 0 Å². The lowest BCUT2D eigenvalue weighted by Crippen LogP contribution is -2.31. The molecule has 1 rings (SSSR count). The van der Waals surface area contributed by atoms with Gasteiger partial charge in [-0.05, 0) is 6.92 Å². The Morgan fingerprint density at radius 2 is 2.33 bits per heavy atom. The van der Waals surface area contributed by atoms with Crippen molar-refractivity contribution in [2.75, 3.05) is 13.6 Å². The van der Waals surface area contributed by atoms with Crippen molar-refractivity contribution < 1.29 is 4.79 Å². The van der Waals surface area contributed by atoms with Gasteiger partial charge in [-0.1, -0.05) is 5.92 Å². The minimum absolute atomic E-state index is 0.110. The SMILES string of the molecule is C#CCN(C)C(=O)c1c[nH]c(C)cc1=O. The van der Waals surface area contributed by atoms with Crippen LogP contribution in [0.1, 0.15) is 16.1 Å². The number of H-pyrrole nitrogens is 1. The van der Waals surface area contributed by atoms with Crippen molar-refractivity contribution in [3.05, 3.63) is 33.7 Å². The van der Waals surface area contributed by atoms with Gasteiger partial charge in [-0.2, -0.15) is 0 Å². The van der Waals surface area contributed by atoms with Crippen molar-refractivity contribution >= 4 is 5.91 Å². The first kappa shape index (κ1) is 11.1. The van der Waals surface area contributed by atoms with Gasteiger partial charge in [-0.3, -0.25) is 9.59 Å². The Morgan fingerprint density at radius 1 is 1.67 bits per heavy atom. The molecule has 0 fully saturated rings. The van der Waals surface area contributed by atoms with E-state index >= 15 is 0 Å². The summed E-state index contributed by atoms with van der Waals surface area (Å²) >= 11 is 0. The maximum atomic E-state index is 11.7. The number of terminal acetylenes is 1. The third-order valence-electron chi connectivity index (χ3n) is 1.96. The summed E-state index contributed by atoms with van der Waals surface area (Å²) in [5.74, 6) is 1.98. The molecule has 0 spiro atoms. The number of carbonyl (C=O) groups is 1. The molecule has 0 saturated carbocycles. The first-order valence-corrected chi connectivity index (χ1v) is 4.44. The predicted molar refractivity (Wildman–Crippen MR) is 57.6 cm³/mol. The van der Waals surface area contributed by atoms with Gasteiger partial charge in [0.25, 0.3) is 5.91 Å². The number of pyridine rings is 1. The van der Waals surface area contributed by atoms with Crippen molar-refractivity contribution in [1.82, 2.24) is 9.88 Å². The molecule has 0 aliphatic heterocycles. The van der Waals surface area contributed by atoms with Gasteiger partial charge in [0.05, 0.1) is 6.54 Å². The fraction of sp³-hybridized carbons (Fsp3) is 0.273. The van der Waals surface area contributed by atoms with Crippen LogP contribution >= 0.6 is 0 Å². The van der Waals surface area contributed by atoms with Crippen LogP contribution in [-0.2, 0) is 0 Å². The van der Waals surface area contributed by atoms with Gasteiger partial charge >= 0.3 is 0 Å². The molecule has 1 aromatic rings. The number of amides is 1. The van der Waals surface area contributed by atoms with Crippen LogP contribution in [0.4, 0.5) is 0 Å². The highest BCUT2D eigenvalue weighted by molar-refractivity contribution is 5.93. The van der Waals surface area contributed by atoms with Gasteiger partial charge in [-0.15, -0.1) is 6.42 Å². The Labute approximate surface area is 87.9 Å². The zero-order chi connectivity index (χ0) is 11.4. The minimum atomic E-state index is -0.366. The smallest absolute Gasteiger partial charge is 0.259 e. The Kier molecular flexibility index (Phi) is 3.29. The molecule has 0 aliphatic carbocycles. The lowest BCUT2D eigenvalue weighted by molar-refractivity contribution is 0.0811. The monoisotopic (exact) mass is 204 g/mol. The standard InChI is InChI=1S/C11H12N2O2/c1-4-5-13(3)11(15)9-7-12-8(2)6-10(9)14/h1,6-7H,5H2,2-3H3,(H,12,14). The topological polar surface area (TPSA) is 53.2 Å². The number of aromatic amines is 1. The lowest BCUT2D eigenvalue weighted by Gasteiger charge is -2.12. The molecule has 4 heteroatoms. The molecule has 1 heterocycles. The summed E-state index contributed by atoms with van der Waals surface area (Å²) < 4.78 is 0. The largest absolute Gasteiger partial charge is 0.364 e. The second-order valence-electron chi connectivity index (χ2n) is 3.26. The highest BCUT2D eigenvalue weighted by Crippen LogP contribution is 1.97. The fourth-order valence-electron chi connectivity index (χ4n) is 1.15. The van der Waals surface area contributed by atoms with E-state index in [1.54, 1.807) is 14.0 Å². The van der Waals surface area contributed by atoms with Gasteiger partial charge in [-0.25, -0.2) is 0 Å². The maximum Gasteiger partial charge on any atom is 0.259 e. The Bertz CT molecular complexity index is 468.